The largest absolute Gasteiger partial charge is 0.464 e. The molecule has 0 saturated heterocycles. The Morgan fingerprint density at radius 2 is 1.81 bits per heavy atom. The third-order valence-corrected chi connectivity index (χ3v) is 6.85. The Bertz CT molecular complexity index is 1640. The van der Waals surface area contributed by atoms with Gasteiger partial charge in [0.1, 0.15) is 33.7 Å². The second-order valence-corrected chi connectivity index (χ2v) is 9.18. The smallest absolute Gasteiger partial charge is 0.426 e. The molecule has 0 aliphatic rings. The molecule has 10 nitrogen and oxygen atoms in total. The first-order chi connectivity index (χ1) is 17.4. The summed E-state index contributed by atoms with van der Waals surface area (Å²) in [6.07, 6.45) is 0.430. The number of amides is 1. The number of hydrogen-bond acceptors (Lipinski definition) is 7. The van der Waals surface area contributed by atoms with Crippen LogP contribution in [0.15, 0.2) is 53.7 Å². The fraction of sp³-hybridized carbons (Fsp3) is 0.0909. The Labute approximate surface area is 206 Å². The zero-order valence-electron chi connectivity index (χ0n) is 18.7. The van der Waals surface area contributed by atoms with Crippen LogP contribution in [0.25, 0.3) is 22.5 Å². The third kappa shape index (κ3) is 4.55. The van der Waals surface area contributed by atoms with Crippen LogP contribution in [0.1, 0.15) is 6.92 Å². The average Bonchev–Trinajstić information content (AvgIpc) is 3.26. The predicted molar refractivity (Wildman–Crippen MR) is 123 cm³/mol. The molecule has 0 saturated carbocycles. The zero-order valence-corrected chi connectivity index (χ0v) is 19.5. The Balaban J connectivity index is 1.97. The molecule has 2 heterocycles. The molecule has 1 amide bonds. The van der Waals surface area contributed by atoms with Gasteiger partial charge in [0.25, 0.3) is 10.0 Å². The summed E-state index contributed by atoms with van der Waals surface area (Å²) < 4.78 is 85.7. The maximum Gasteiger partial charge on any atom is 0.426 e. The second-order valence-electron chi connectivity index (χ2n) is 7.43. The van der Waals surface area contributed by atoms with Gasteiger partial charge in [-0.15, -0.1) is 0 Å². The molecule has 0 radical (unpaired) electrons. The van der Waals surface area contributed by atoms with E-state index in [1.165, 1.54) is 23.1 Å². The highest BCUT2D eigenvalue weighted by Gasteiger charge is 2.37. The summed E-state index contributed by atoms with van der Waals surface area (Å²) in [4.78, 5) is 18.4. The van der Waals surface area contributed by atoms with E-state index < -0.39 is 59.8 Å². The first-order valence-electron chi connectivity index (χ1n) is 10.3. The number of sulfonamides is 1. The fourth-order valence-electron chi connectivity index (χ4n) is 3.50. The number of nitrogen functional groups attached to an aromatic ring is 1. The van der Waals surface area contributed by atoms with Gasteiger partial charge in [-0.05, 0) is 43.3 Å². The Hall–Kier alpha value is -4.53. The van der Waals surface area contributed by atoms with Crippen molar-refractivity contribution >= 4 is 27.8 Å². The van der Waals surface area contributed by atoms with Crippen molar-refractivity contribution in [3.63, 3.8) is 0 Å². The van der Waals surface area contributed by atoms with Gasteiger partial charge in [-0.25, -0.2) is 40.7 Å². The minimum Gasteiger partial charge on any atom is -0.464 e. The molecule has 4 rings (SSSR count). The summed E-state index contributed by atoms with van der Waals surface area (Å²) in [6, 6.07) is 3.86. The van der Waals surface area contributed by atoms with Gasteiger partial charge in [-0.3, -0.25) is 4.68 Å². The summed E-state index contributed by atoms with van der Waals surface area (Å²) in [7, 11) is -5.41. The van der Waals surface area contributed by atoms with Crippen LogP contribution >= 0.6 is 0 Å². The molecule has 0 aliphatic carbocycles. The lowest BCUT2D eigenvalue weighted by atomic mass is 10.0. The Kier molecular flexibility index (Phi) is 6.56. The normalized spacial score (nSPS) is 11.5. The van der Waals surface area contributed by atoms with Crippen molar-refractivity contribution in [2.45, 2.75) is 18.4 Å². The van der Waals surface area contributed by atoms with Gasteiger partial charge in [0.2, 0.25) is 5.95 Å². The molecule has 192 valence electrons. The van der Waals surface area contributed by atoms with Gasteiger partial charge in [0.15, 0.2) is 5.82 Å². The Morgan fingerprint density at radius 1 is 1.11 bits per heavy atom. The molecule has 0 bridgehead atoms. The maximum atomic E-state index is 15.9. The molecule has 15 heteroatoms. The molecule has 0 fully saturated rings. The van der Waals surface area contributed by atoms with Crippen molar-refractivity contribution < 1.29 is 35.9 Å². The highest BCUT2D eigenvalue weighted by atomic mass is 32.2. The quantitative estimate of drug-likeness (QED) is 0.352. The van der Waals surface area contributed by atoms with Crippen LogP contribution in [0.3, 0.4) is 0 Å². The van der Waals surface area contributed by atoms with Crippen LogP contribution in [0.4, 0.5) is 34.0 Å². The van der Waals surface area contributed by atoms with Crippen LogP contribution in [0.5, 0.6) is 0 Å². The maximum absolute atomic E-state index is 15.9. The minimum atomic E-state index is -5.41. The van der Waals surface area contributed by atoms with Crippen LogP contribution in [0, 0.1) is 23.3 Å². The number of anilines is 2. The molecule has 4 aromatic rings. The van der Waals surface area contributed by atoms with E-state index in [-0.39, 0.29) is 35.5 Å². The van der Waals surface area contributed by atoms with Crippen LogP contribution < -0.4 is 10.0 Å². The number of benzene rings is 2. The highest BCUT2D eigenvalue weighted by Crippen LogP contribution is 2.38. The Morgan fingerprint density at radius 3 is 2.46 bits per heavy atom. The van der Waals surface area contributed by atoms with E-state index >= 15 is 8.78 Å². The molecule has 0 atom stereocenters. The van der Waals surface area contributed by atoms with Gasteiger partial charge in [0, 0.05) is 24.5 Å². The number of aromatic nitrogens is 4. The summed E-state index contributed by atoms with van der Waals surface area (Å²) in [5, 5.41) is 13.8. The molecule has 0 unspecified atom stereocenters. The predicted octanol–water partition coefficient (Wildman–Crippen LogP) is 4.04. The summed E-state index contributed by atoms with van der Waals surface area (Å²) in [5.74, 6) is -5.69. The van der Waals surface area contributed by atoms with Crippen molar-refractivity contribution in [1.29, 1.82) is 0 Å². The number of nitrogens with zero attached hydrogens (tertiary/aromatic N) is 5. The molecular weight excluding hydrogens is 520 g/mol. The molecule has 0 aliphatic heterocycles. The minimum absolute atomic E-state index is 0.0757. The van der Waals surface area contributed by atoms with Gasteiger partial charge < -0.3 is 10.8 Å². The lowest BCUT2D eigenvalue weighted by molar-refractivity contribution is 0.206. The van der Waals surface area contributed by atoms with Gasteiger partial charge >= 0.3 is 6.09 Å². The van der Waals surface area contributed by atoms with E-state index in [1.54, 1.807) is 6.92 Å². The first kappa shape index (κ1) is 25.6. The fourth-order valence-corrected chi connectivity index (χ4v) is 4.88. The van der Waals surface area contributed by atoms with Crippen molar-refractivity contribution in [3.8, 4) is 22.5 Å². The number of aryl methyl sites for hydroxylation is 1. The summed E-state index contributed by atoms with van der Waals surface area (Å²) in [6.45, 7) is 1.94. The van der Waals surface area contributed by atoms with Crippen LogP contribution in [-0.2, 0) is 16.6 Å². The average molecular weight is 536 g/mol. The number of nitrogens with two attached hydrogens (primary N) is 1. The number of halogens is 4. The van der Waals surface area contributed by atoms with Crippen LogP contribution in [-0.4, -0.2) is 39.4 Å². The van der Waals surface area contributed by atoms with E-state index in [2.05, 4.69) is 15.1 Å². The van der Waals surface area contributed by atoms with E-state index in [0.717, 1.165) is 0 Å². The summed E-state index contributed by atoms with van der Waals surface area (Å²) >= 11 is 0. The first-order valence-corrected chi connectivity index (χ1v) is 11.8. The van der Waals surface area contributed by atoms with Gasteiger partial charge in [0.05, 0.1) is 11.3 Å². The molecule has 37 heavy (non-hydrogen) atoms. The zero-order chi connectivity index (χ0) is 27.1. The standard InChI is InChI=1S/C22H16F4N6O4S/c1-2-31-10-12(15-7-8-28-21(27)29-15)20(30-31)18-14(25)5-6-16(19(18)26)32(22(33)34)37(35,36)17-9-11(23)3-4-13(17)24/h3-10H,2H2,1H3,(H,33,34)(H2,27,28,29). The van der Waals surface area contributed by atoms with E-state index in [1.807, 2.05) is 0 Å². The number of hydrogen-bond donors (Lipinski definition) is 2. The van der Waals surface area contributed by atoms with Crippen molar-refractivity contribution in [3.05, 3.63) is 72.1 Å². The molecule has 0 spiro atoms. The van der Waals surface area contributed by atoms with E-state index in [9.17, 15) is 27.1 Å². The third-order valence-electron chi connectivity index (χ3n) is 5.15. The van der Waals surface area contributed by atoms with E-state index in [4.69, 9.17) is 5.73 Å². The SMILES string of the molecule is CCn1cc(-c2ccnc(N)n2)c(-c2c(F)ccc(N(C(=O)O)S(=O)(=O)c3cc(F)ccc3F)c2F)n1. The lowest BCUT2D eigenvalue weighted by Crippen LogP contribution is -2.37. The molecule has 3 N–H and O–H groups in total. The van der Waals surface area contributed by atoms with Crippen molar-refractivity contribution in [2.24, 2.45) is 0 Å². The highest BCUT2D eigenvalue weighted by molar-refractivity contribution is 7.93. The summed E-state index contributed by atoms with van der Waals surface area (Å²) in [5.41, 5.74) is 3.39. The molecular formula is C22H16F4N6O4S. The topological polar surface area (TPSA) is 144 Å². The number of carbonyl (C=O) groups is 1. The second kappa shape index (κ2) is 9.50. The van der Waals surface area contributed by atoms with Crippen molar-refractivity contribution in [2.75, 3.05) is 10.0 Å². The van der Waals surface area contributed by atoms with Gasteiger partial charge in [-0.2, -0.15) is 9.40 Å². The molecule has 2 aromatic carbocycles. The van der Waals surface area contributed by atoms with Crippen LogP contribution in [0.2, 0.25) is 0 Å². The number of carboxylic acid groups (broad SMARTS) is 1. The van der Waals surface area contributed by atoms with Crippen molar-refractivity contribution in [1.82, 2.24) is 19.7 Å². The van der Waals surface area contributed by atoms with E-state index in [0.29, 0.717) is 24.3 Å². The molecule has 2 aromatic heterocycles. The lowest BCUT2D eigenvalue weighted by Gasteiger charge is -2.21. The monoisotopic (exact) mass is 536 g/mol. The van der Waals surface area contributed by atoms with Gasteiger partial charge in [-0.1, -0.05) is 0 Å². The number of rotatable bonds is 6.